The number of hydrogen-bond donors (Lipinski definition) is 0. The zero-order chi connectivity index (χ0) is 11.4. The molecule has 1 aromatic heterocycles. The second-order valence-electron chi connectivity index (χ2n) is 3.05. The fourth-order valence-electron chi connectivity index (χ4n) is 1.27. The Morgan fingerprint density at radius 3 is 2.38 bits per heavy atom. The van der Waals surface area contributed by atoms with Crippen LogP contribution in [0.4, 0.5) is 0 Å². The van der Waals surface area contributed by atoms with Crippen molar-refractivity contribution in [1.29, 1.82) is 0 Å². The maximum atomic E-state index is 5.89. The smallest absolute Gasteiger partial charge is 0.171 e. The second kappa shape index (κ2) is 4.86. The van der Waals surface area contributed by atoms with Gasteiger partial charge in [0.2, 0.25) is 0 Å². The average molecular weight is 236 g/mol. The van der Waals surface area contributed by atoms with Crippen LogP contribution < -0.4 is 9.47 Å². The number of pyridine rings is 1. The molecular formula is C12H10ClNO2. The summed E-state index contributed by atoms with van der Waals surface area (Å²) in [6.45, 7) is 0. The summed E-state index contributed by atoms with van der Waals surface area (Å²) in [4.78, 5) is 3.93. The summed E-state index contributed by atoms with van der Waals surface area (Å²) in [5.74, 6) is 1.77. The summed E-state index contributed by atoms with van der Waals surface area (Å²) in [5.41, 5.74) is 0. The van der Waals surface area contributed by atoms with Crippen LogP contribution in [0.2, 0.25) is 5.15 Å². The highest BCUT2D eigenvalue weighted by molar-refractivity contribution is 6.30. The van der Waals surface area contributed by atoms with E-state index in [1.165, 1.54) is 0 Å². The lowest BCUT2D eigenvalue weighted by Gasteiger charge is -2.10. The molecule has 82 valence electrons. The maximum absolute atomic E-state index is 5.89. The Labute approximate surface area is 98.6 Å². The molecule has 0 aliphatic heterocycles. The van der Waals surface area contributed by atoms with Gasteiger partial charge in [-0.3, -0.25) is 0 Å². The van der Waals surface area contributed by atoms with Gasteiger partial charge in [-0.15, -0.1) is 0 Å². The third kappa shape index (κ3) is 2.25. The van der Waals surface area contributed by atoms with Crippen molar-refractivity contribution in [2.24, 2.45) is 0 Å². The van der Waals surface area contributed by atoms with Crippen molar-refractivity contribution in [1.82, 2.24) is 4.98 Å². The quantitative estimate of drug-likeness (QED) is 0.763. The third-order valence-corrected chi connectivity index (χ3v) is 2.30. The van der Waals surface area contributed by atoms with Crippen molar-refractivity contribution in [3.8, 4) is 17.2 Å². The Morgan fingerprint density at radius 1 is 1.00 bits per heavy atom. The van der Waals surface area contributed by atoms with Crippen LogP contribution in [0.25, 0.3) is 0 Å². The summed E-state index contributed by atoms with van der Waals surface area (Å²) in [7, 11) is 1.59. The number of nitrogens with zero attached hydrogens (tertiary/aromatic N) is 1. The maximum Gasteiger partial charge on any atom is 0.171 e. The highest BCUT2D eigenvalue weighted by Gasteiger charge is 2.07. The minimum absolute atomic E-state index is 0.327. The van der Waals surface area contributed by atoms with E-state index in [4.69, 9.17) is 21.1 Å². The Bertz CT molecular complexity index is 488. The highest BCUT2D eigenvalue weighted by atomic mass is 35.5. The van der Waals surface area contributed by atoms with Gasteiger partial charge in [-0.2, -0.15) is 0 Å². The SMILES string of the molecule is COc1ccccc1Oc1cccnc1Cl. The summed E-state index contributed by atoms with van der Waals surface area (Å²) in [6, 6.07) is 10.9. The van der Waals surface area contributed by atoms with Gasteiger partial charge in [0.1, 0.15) is 0 Å². The molecule has 2 rings (SSSR count). The van der Waals surface area contributed by atoms with Crippen molar-refractivity contribution in [3.05, 3.63) is 47.7 Å². The van der Waals surface area contributed by atoms with Gasteiger partial charge in [-0.25, -0.2) is 4.98 Å². The second-order valence-corrected chi connectivity index (χ2v) is 3.40. The highest BCUT2D eigenvalue weighted by Crippen LogP contribution is 2.33. The van der Waals surface area contributed by atoms with Crippen LogP contribution in [-0.2, 0) is 0 Å². The summed E-state index contributed by atoms with van der Waals surface area (Å²) in [6.07, 6.45) is 1.61. The van der Waals surface area contributed by atoms with Crippen molar-refractivity contribution >= 4 is 11.6 Å². The van der Waals surface area contributed by atoms with Gasteiger partial charge in [-0.05, 0) is 24.3 Å². The first kappa shape index (κ1) is 10.8. The Kier molecular flexibility index (Phi) is 3.27. The van der Waals surface area contributed by atoms with Crippen LogP contribution in [-0.4, -0.2) is 12.1 Å². The molecule has 2 aromatic rings. The van der Waals surface area contributed by atoms with Gasteiger partial charge in [0.25, 0.3) is 0 Å². The molecule has 0 amide bonds. The molecule has 16 heavy (non-hydrogen) atoms. The first-order valence-corrected chi connectivity index (χ1v) is 5.10. The summed E-state index contributed by atoms with van der Waals surface area (Å²) >= 11 is 5.89. The van der Waals surface area contributed by atoms with Gasteiger partial charge < -0.3 is 9.47 Å². The number of halogens is 1. The summed E-state index contributed by atoms with van der Waals surface area (Å²) < 4.78 is 10.8. The lowest BCUT2D eigenvalue weighted by Crippen LogP contribution is -1.90. The van der Waals surface area contributed by atoms with E-state index in [1.807, 2.05) is 24.3 Å². The topological polar surface area (TPSA) is 31.4 Å². The number of hydrogen-bond acceptors (Lipinski definition) is 3. The number of para-hydroxylation sites is 2. The zero-order valence-corrected chi connectivity index (χ0v) is 9.44. The van der Waals surface area contributed by atoms with Gasteiger partial charge in [0.15, 0.2) is 22.4 Å². The van der Waals surface area contributed by atoms with Crippen LogP contribution in [0.3, 0.4) is 0 Å². The number of benzene rings is 1. The fourth-order valence-corrected chi connectivity index (χ4v) is 1.43. The van der Waals surface area contributed by atoms with E-state index in [-0.39, 0.29) is 0 Å². The van der Waals surface area contributed by atoms with Gasteiger partial charge >= 0.3 is 0 Å². The number of aromatic nitrogens is 1. The molecule has 0 saturated carbocycles. The third-order valence-electron chi connectivity index (χ3n) is 2.01. The number of rotatable bonds is 3. The molecule has 0 N–H and O–H groups in total. The molecule has 1 aromatic carbocycles. The number of methoxy groups -OCH3 is 1. The first-order valence-electron chi connectivity index (χ1n) is 4.72. The molecule has 0 radical (unpaired) electrons. The lowest BCUT2D eigenvalue weighted by molar-refractivity contribution is 0.378. The molecule has 0 fully saturated rings. The summed E-state index contributed by atoms with van der Waals surface area (Å²) in [5, 5.41) is 0.327. The largest absolute Gasteiger partial charge is 0.493 e. The van der Waals surface area contributed by atoms with Gasteiger partial charge in [0, 0.05) is 6.20 Å². The Balaban J connectivity index is 2.30. The van der Waals surface area contributed by atoms with E-state index >= 15 is 0 Å². The van der Waals surface area contributed by atoms with Crippen molar-refractivity contribution in [2.45, 2.75) is 0 Å². The molecule has 3 nitrogen and oxygen atoms in total. The molecule has 1 heterocycles. The van der Waals surface area contributed by atoms with Crippen LogP contribution in [0.1, 0.15) is 0 Å². The molecule has 0 bridgehead atoms. The Morgan fingerprint density at radius 2 is 1.69 bits per heavy atom. The molecule has 4 heteroatoms. The number of ether oxygens (including phenoxy) is 2. The average Bonchev–Trinajstić information content (AvgIpc) is 2.33. The zero-order valence-electron chi connectivity index (χ0n) is 8.68. The minimum atomic E-state index is 0.327. The van der Waals surface area contributed by atoms with Crippen LogP contribution >= 0.6 is 11.6 Å². The molecular weight excluding hydrogens is 226 g/mol. The van der Waals surface area contributed by atoms with E-state index in [0.29, 0.717) is 22.4 Å². The molecule has 0 saturated heterocycles. The van der Waals surface area contributed by atoms with E-state index in [0.717, 1.165) is 0 Å². The molecule has 0 aliphatic carbocycles. The minimum Gasteiger partial charge on any atom is -0.493 e. The van der Waals surface area contributed by atoms with E-state index in [1.54, 1.807) is 25.4 Å². The van der Waals surface area contributed by atoms with Crippen LogP contribution in [0.5, 0.6) is 17.2 Å². The molecule has 0 spiro atoms. The predicted octanol–water partition coefficient (Wildman–Crippen LogP) is 3.54. The first-order chi connectivity index (χ1) is 7.81. The predicted molar refractivity (Wildman–Crippen MR) is 62.3 cm³/mol. The van der Waals surface area contributed by atoms with Crippen molar-refractivity contribution in [2.75, 3.05) is 7.11 Å². The van der Waals surface area contributed by atoms with Crippen LogP contribution in [0.15, 0.2) is 42.6 Å². The van der Waals surface area contributed by atoms with Gasteiger partial charge in [-0.1, -0.05) is 23.7 Å². The van der Waals surface area contributed by atoms with Crippen LogP contribution in [0, 0.1) is 0 Å². The van der Waals surface area contributed by atoms with E-state index < -0.39 is 0 Å². The van der Waals surface area contributed by atoms with E-state index in [2.05, 4.69) is 4.98 Å². The van der Waals surface area contributed by atoms with Gasteiger partial charge in [0.05, 0.1) is 7.11 Å². The lowest BCUT2D eigenvalue weighted by atomic mass is 10.3. The van der Waals surface area contributed by atoms with Crippen molar-refractivity contribution in [3.63, 3.8) is 0 Å². The van der Waals surface area contributed by atoms with E-state index in [9.17, 15) is 0 Å². The molecule has 0 atom stereocenters. The van der Waals surface area contributed by atoms with Crippen molar-refractivity contribution < 1.29 is 9.47 Å². The molecule has 0 unspecified atom stereocenters. The Hall–Kier alpha value is -1.74. The fraction of sp³-hybridized carbons (Fsp3) is 0.0833. The monoisotopic (exact) mass is 235 g/mol. The molecule has 0 aliphatic rings. The normalized spacial score (nSPS) is 9.88. The standard InChI is InChI=1S/C12H10ClNO2/c1-15-9-5-2-3-6-10(9)16-11-7-4-8-14-12(11)13/h2-8H,1H3.